The van der Waals surface area contributed by atoms with Gasteiger partial charge in [-0.3, -0.25) is 14.4 Å². The van der Waals surface area contributed by atoms with Crippen molar-refractivity contribution in [3.8, 4) is 0 Å². The van der Waals surface area contributed by atoms with E-state index in [-0.39, 0.29) is 30.1 Å². The van der Waals surface area contributed by atoms with E-state index in [1.165, 1.54) is 39.2 Å². The number of carboxylic acids is 1. The molecule has 0 aromatic carbocycles. The Bertz CT molecular complexity index is 544. The van der Waals surface area contributed by atoms with Gasteiger partial charge in [0.2, 0.25) is 0 Å². The molecule has 2 rings (SSSR count). The Morgan fingerprint density at radius 1 is 1.08 bits per heavy atom. The molecule has 0 bridgehead atoms. The van der Waals surface area contributed by atoms with Crippen LogP contribution in [0.3, 0.4) is 0 Å². The molecule has 3 unspecified atom stereocenters. The summed E-state index contributed by atoms with van der Waals surface area (Å²) in [6.07, 6.45) is 6.62. The van der Waals surface area contributed by atoms with Crippen LogP contribution in [0.4, 0.5) is 0 Å². The molecule has 2 saturated carbocycles. The maximum absolute atomic E-state index is 12.0. The van der Waals surface area contributed by atoms with E-state index < -0.39 is 11.9 Å². The van der Waals surface area contributed by atoms with Crippen LogP contribution in [-0.2, 0) is 19.1 Å². The first-order valence-corrected chi connectivity index (χ1v) is 9.24. The predicted octanol–water partition coefficient (Wildman–Crippen LogP) is 3.94. The largest absolute Gasteiger partial charge is 0.481 e. The molecule has 2 aliphatic rings. The van der Waals surface area contributed by atoms with Crippen molar-refractivity contribution in [3.05, 3.63) is 4.91 Å². The zero-order valence-electron chi connectivity index (χ0n) is 16.2. The van der Waals surface area contributed by atoms with Gasteiger partial charge in [0.15, 0.2) is 0 Å². The standard InChI is InChI=1S/C15H26O2.C4H5NO4/c1-14(2)9-6-10-15(3)11(13(16)17-4)7-5-8-12(14)15;6-3(5-9)1-2-4(7)8/h11-12H,5-10H2,1-4H3;1-2H2,(H,7,8). The van der Waals surface area contributed by atoms with Gasteiger partial charge in [0.25, 0.3) is 5.91 Å². The van der Waals surface area contributed by atoms with Crippen molar-refractivity contribution in [2.24, 2.45) is 27.8 Å². The van der Waals surface area contributed by atoms with Crippen molar-refractivity contribution in [1.29, 1.82) is 0 Å². The number of ether oxygens (including phenoxy) is 1. The maximum Gasteiger partial charge on any atom is 0.309 e. The first-order chi connectivity index (χ1) is 12.1. The number of carbonyl (C=O) groups is 3. The lowest BCUT2D eigenvalue weighted by molar-refractivity contribution is -0.161. The molecule has 26 heavy (non-hydrogen) atoms. The van der Waals surface area contributed by atoms with Gasteiger partial charge in [0.05, 0.1) is 19.4 Å². The minimum absolute atomic E-state index is 0.0231. The van der Waals surface area contributed by atoms with Crippen molar-refractivity contribution in [2.45, 2.75) is 72.1 Å². The minimum atomic E-state index is -1.10. The summed E-state index contributed by atoms with van der Waals surface area (Å²) in [5, 5.41) is 9.97. The second-order valence-electron chi connectivity index (χ2n) is 8.29. The van der Waals surface area contributed by atoms with Crippen LogP contribution in [0.5, 0.6) is 0 Å². The molecule has 0 radical (unpaired) electrons. The molecule has 0 aliphatic heterocycles. The molecule has 2 aliphatic carbocycles. The monoisotopic (exact) mass is 369 g/mol. The molecular weight excluding hydrogens is 338 g/mol. The minimum Gasteiger partial charge on any atom is -0.481 e. The van der Waals surface area contributed by atoms with Crippen LogP contribution < -0.4 is 0 Å². The molecule has 1 N–H and O–H groups in total. The van der Waals surface area contributed by atoms with Crippen molar-refractivity contribution in [3.63, 3.8) is 0 Å². The lowest BCUT2D eigenvalue weighted by Crippen LogP contribution is -2.51. The number of esters is 1. The molecule has 0 saturated heterocycles. The van der Waals surface area contributed by atoms with Crippen LogP contribution in [-0.4, -0.2) is 30.1 Å². The van der Waals surface area contributed by atoms with Crippen LogP contribution in [0.25, 0.3) is 0 Å². The quantitative estimate of drug-likeness (QED) is 0.594. The third-order valence-electron chi connectivity index (χ3n) is 6.20. The van der Waals surface area contributed by atoms with Gasteiger partial charge in [-0.1, -0.05) is 33.6 Å². The number of fused-ring (bicyclic) bond motifs is 1. The number of methoxy groups -OCH3 is 1. The van der Waals surface area contributed by atoms with Crippen molar-refractivity contribution < 1.29 is 24.2 Å². The summed E-state index contributed by atoms with van der Waals surface area (Å²) in [4.78, 5) is 41.0. The van der Waals surface area contributed by atoms with Crippen molar-refractivity contribution in [1.82, 2.24) is 0 Å². The third kappa shape index (κ3) is 5.35. The zero-order valence-corrected chi connectivity index (χ0v) is 16.2. The molecular formula is C19H31NO6. The van der Waals surface area contributed by atoms with Gasteiger partial charge in [0, 0.05) is 11.6 Å². The fraction of sp³-hybridized carbons (Fsp3) is 0.842. The fourth-order valence-electron chi connectivity index (χ4n) is 4.95. The van der Waals surface area contributed by atoms with Gasteiger partial charge < -0.3 is 9.84 Å². The lowest BCUT2D eigenvalue weighted by atomic mass is 9.48. The highest BCUT2D eigenvalue weighted by atomic mass is 16.5. The first kappa shape index (κ1) is 22.3. The fourth-order valence-corrected chi connectivity index (χ4v) is 4.95. The van der Waals surface area contributed by atoms with E-state index in [0.717, 1.165) is 6.42 Å². The number of amides is 1. The van der Waals surface area contributed by atoms with Crippen molar-refractivity contribution in [2.75, 3.05) is 7.11 Å². The number of nitroso groups, excluding NO2 is 1. The maximum atomic E-state index is 12.0. The third-order valence-corrected chi connectivity index (χ3v) is 6.20. The Kier molecular flexibility index (Phi) is 7.90. The Morgan fingerprint density at radius 2 is 1.73 bits per heavy atom. The van der Waals surface area contributed by atoms with Gasteiger partial charge in [-0.15, -0.1) is 4.91 Å². The van der Waals surface area contributed by atoms with Gasteiger partial charge in [-0.2, -0.15) is 0 Å². The normalized spacial score (nSPS) is 29.4. The van der Waals surface area contributed by atoms with E-state index >= 15 is 0 Å². The Hall–Kier alpha value is -1.79. The molecule has 0 aromatic rings. The highest BCUT2D eigenvalue weighted by molar-refractivity contribution is 5.80. The summed E-state index contributed by atoms with van der Waals surface area (Å²) in [5.41, 5.74) is 0.562. The van der Waals surface area contributed by atoms with E-state index in [2.05, 4.69) is 20.8 Å². The highest BCUT2D eigenvalue weighted by Crippen LogP contribution is 2.59. The Labute approximate surface area is 154 Å². The molecule has 0 heterocycles. The first-order valence-electron chi connectivity index (χ1n) is 9.24. The van der Waals surface area contributed by atoms with Crippen LogP contribution in [0.1, 0.15) is 72.1 Å². The Morgan fingerprint density at radius 3 is 2.27 bits per heavy atom. The second kappa shape index (κ2) is 9.24. The lowest BCUT2D eigenvalue weighted by Gasteiger charge is -2.56. The summed E-state index contributed by atoms with van der Waals surface area (Å²) in [6.45, 7) is 7.10. The summed E-state index contributed by atoms with van der Waals surface area (Å²) < 4.78 is 5.03. The average Bonchev–Trinajstić information content (AvgIpc) is 2.58. The van der Waals surface area contributed by atoms with E-state index in [0.29, 0.717) is 11.3 Å². The molecule has 2 fully saturated rings. The molecule has 0 aromatic heterocycles. The number of aliphatic carboxylic acids is 1. The summed E-state index contributed by atoms with van der Waals surface area (Å²) in [6, 6.07) is 0. The highest BCUT2D eigenvalue weighted by Gasteiger charge is 2.54. The molecule has 0 spiro atoms. The molecule has 7 nitrogen and oxygen atoms in total. The van der Waals surface area contributed by atoms with Crippen LogP contribution in [0.2, 0.25) is 0 Å². The smallest absolute Gasteiger partial charge is 0.309 e. The second-order valence-corrected chi connectivity index (χ2v) is 8.29. The molecule has 1 amide bonds. The summed E-state index contributed by atoms with van der Waals surface area (Å²) >= 11 is 0. The van der Waals surface area contributed by atoms with Gasteiger partial charge in [-0.05, 0) is 42.4 Å². The zero-order chi connectivity index (χ0) is 20.0. The number of rotatable bonds is 4. The van der Waals surface area contributed by atoms with Crippen molar-refractivity contribution >= 4 is 17.8 Å². The number of carboxylic acid groups (broad SMARTS) is 1. The number of carbonyl (C=O) groups excluding carboxylic acids is 2. The van der Waals surface area contributed by atoms with E-state index in [1.807, 2.05) is 5.18 Å². The topological polar surface area (TPSA) is 110 Å². The SMILES string of the molecule is COC(=O)C1CCCC2C(C)(C)CCCC12C.O=NC(=O)CCC(=O)O. The van der Waals surface area contributed by atoms with Crippen LogP contribution in [0.15, 0.2) is 5.18 Å². The van der Waals surface area contributed by atoms with Crippen LogP contribution >= 0.6 is 0 Å². The predicted molar refractivity (Wildman–Crippen MR) is 96.3 cm³/mol. The van der Waals surface area contributed by atoms with Gasteiger partial charge in [-0.25, -0.2) is 0 Å². The number of hydrogen-bond acceptors (Lipinski definition) is 5. The molecule has 3 atom stereocenters. The summed E-state index contributed by atoms with van der Waals surface area (Å²) in [7, 11) is 1.53. The van der Waals surface area contributed by atoms with E-state index in [1.54, 1.807) is 0 Å². The summed E-state index contributed by atoms with van der Waals surface area (Å²) in [5.74, 6) is -1.19. The van der Waals surface area contributed by atoms with E-state index in [4.69, 9.17) is 9.84 Å². The Balaban J connectivity index is 0.000000321. The van der Waals surface area contributed by atoms with Gasteiger partial charge in [0.1, 0.15) is 0 Å². The van der Waals surface area contributed by atoms with Crippen LogP contribution in [0, 0.1) is 27.6 Å². The number of nitrogens with zero attached hydrogens (tertiary/aromatic N) is 1. The average molecular weight is 369 g/mol. The molecule has 148 valence electrons. The number of hydrogen-bond donors (Lipinski definition) is 1. The molecule has 7 heteroatoms. The van der Waals surface area contributed by atoms with Gasteiger partial charge >= 0.3 is 11.9 Å². The van der Waals surface area contributed by atoms with E-state index in [9.17, 15) is 19.3 Å².